The molecule has 2 N–H and O–H groups in total. The Balaban J connectivity index is 1.22. The summed E-state index contributed by atoms with van der Waals surface area (Å²) >= 11 is 0. The van der Waals surface area contributed by atoms with Gasteiger partial charge in [-0.05, 0) is 84.6 Å². The van der Waals surface area contributed by atoms with Crippen LogP contribution in [0.4, 0.5) is 11.4 Å². The summed E-state index contributed by atoms with van der Waals surface area (Å²) in [6.45, 7) is 2.55. The van der Waals surface area contributed by atoms with Gasteiger partial charge >= 0.3 is 0 Å². The minimum atomic E-state index is -3.33. The highest BCUT2D eigenvalue weighted by Crippen LogP contribution is 2.30. The molecule has 37 heavy (non-hydrogen) atoms. The van der Waals surface area contributed by atoms with Gasteiger partial charge in [0.05, 0.1) is 11.9 Å². The monoisotopic (exact) mass is 518 g/mol. The van der Waals surface area contributed by atoms with Crippen molar-refractivity contribution in [1.29, 1.82) is 0 Å². The van der Waals surface area contributed by atoms with Gasteiger partial charge in [-0.25, -0.2) is 8.42 Å². The summed E-state index contributed by atoms with van der Waals surface area (Å²) in [5.74, 6) is -0.458. The van der Waals surface area contributed by atoms with Crippen LogP contribution < -0.4 is 14.9 Å². The number of carbonyl (C=O) groups is 2. The number of likely N-dealkylation sites (N-methyl/N-ethyl adjacent to an activating group) is 1. The molecule has 2 aliphatic heterocycles. The Morgan fingerprint density at radius 1 is 0.865 bits per heavy atom. The second kappa shape index (κ2) is 9.99. The lowest BCUT2D eigenvalue weighted by Gasteiger charge is -2.25. The Labute approximate surface area is 217 Å². The van der Waals surface area contributed by atoms with Crippen LogP contribution in [0, 0.1) is 0 Å². The SMILES string of the molecule is CN1CCc2ccc(NC(=O)c3cccc(CNC(=O)c4ccc5c(c4)CCN5S(C)(=O)=O)c3)cc2C1. The van der Waals surface area contributed by atoms with E-state index in [0.717, 1.165) is 36.3 Å². The maximum atomic E-state index is 12.9. The van der Waals surface area contributed by atoms with Gasteiger partial charge in [0.25, 0.3) is 11.8 Å². The molecule has 0 bridgehead atoms. The molecule has 0 aromatic heterocycles. The number of sulfonamides is 1. The molecule has 192 valence electrons. The molecule has 3 aromatic carbocycles. The Kier molecular flexibility index (Phi) is 6.74. The number of amides is 2. The van der Waals surface area contributed by atoms with Gasteiger partial charge < -0.3 is 15.5 Å². The quantitative estimate of drug-likeness (QED) is 0.522. The molecule has 8 nitrogen and oxygen atoms in total. The van der Waals surface area contributed by atoms with E-state index in [0.29, 0.717) is 29.8 Å². The van der Waals surface area contributed by atoms with Crippen LogP contribution >= 0.6 is 0 Å². The largest absolute Gasteiger partial charge is 0.348 e. The van der Waals surface area contributed by atoms with Crippen molar-refractivity contribution in [2.24, 2.45) is 0 Å². The Bertz CT molecular complexity index is 1490. The predicted octanol–water partition coefficient (Wildman–Crippen LogP) is 3.18. The fourth-order valence-corrected chi connectivity index (χ4v) is 5.90. The summed E-state index contributed by atoms with van der Waals surface area (Å²) in [5, 5.41) is 5.88. The third-order valence-electron chi connectivity index (χ3n) is 6.90. The standard InChI is InChI=1S/C28H30N4O4S/c1-31-12-10-20-6-8-25(16-24(20)18-31)30-28(34)22-5-3-4-19(14-22)17-29-27(33)23-7-9-26-21(15-23)11-13-32(26)37(2,35)36/h3-9,14-16H,10-13,17-18H2,1-2H3,(H,29,33)(H,30,34). The van der Waals surface area contributed by atoms with Crippen molar-refractivity contribution < 1.29 is 18.0 Å². The van der Waals surface area contributed by atoms with Gasteiger partial charge in [0.1, 0.15) is 0 Å². The van der Waals surface area contributed by atoms with E-state index in [1.165, 1.54) is 21.7 Å². The molecule has 2 aliphatic rings. The number of anilines is 2. The average Bonchev–Trinajstić information content (AvgIpc) is 3.31. The summed E-state index contributed by atoms with van der Waals surface area (Å²) in [4.78, 5) is 27.9. The zero-order valence-electron chi connectivity index (χ0n) is 21.0. The third-order valence-corrected chi connectivity index (χ3v) is 8.08. The molecule has 0 aliphatic carbocycles. The van der Waals surface area contributed by atoms with Crippen LogP contribution in [0.5, 0.6) is 0 Å². The van der Waals surface area contributed by atoms with Crippen molar-refractivity contribution >= 4 is 33.2 Å². The molecule has 0 unspecified atom stereocenters. The summed E-state index contributed by atoms with van der Waals surface area (Å²) in [6, 6.07) is 18.3. The van der Waals surface area contributed by atoms with Crippen LogP contribution in [0.1, 0.15) is 43.0 Å². The van der Waals surface area contributed by atoms with Crippen molar-refractivity contribution in [3.63, 3.8) is 0 Å². The number of benzene rings is 3. The van der Waals surface area contributed by atoms with E-state index in [4.69, 9.17) is 0 Å². The van der Waals surface area contributed by atoms with Gasteiger partial charge in [-0.2, -0.15) is 0 Å². The molecule has 0 atom stereocenters. The molecule has 2 heterocycles. The molecule has 0 saturated carbocycles. The average molecular weight is 519 g/mol. The van der Waals surface area contributed by atoms with Gasteiger partial charge in [-0.15, -0.1) is 0 Å². The topological polar surface area (TPSA) is 98.8 Å². The maximum absolute atomic E-state index is 12.9. The van der Waals surface area contributed by atoms with Crippen molar-refractivity contribution in [3.05, 3.63) is 94.0 Å². The van der Waals surface area contributed by atoms with Crippen molar-refractivity contribution in [1.82, 2.24) is 10.2 Å². The first-order chi connectivity index (χ1) is 17.7. The van der Waals surface area contributed by atoms with Gasteiger partial charge in [-0.1, -0.05) is 18.2 Å². The number of nitrogens with zero attached hydrogens (tertiary/aromatic N) is 2. The number of hydrogen-bond donors (Lipinski definition) is 2. The van der Waals surface area contributed by atoms with Crippen LogP contribution in [0.2, 0.25) is 0 Å². The van der Waals surface area contributed by atoms with Crippen LogP contribution in [0.25, 0.3) is 0 Å². The lowest BCUT2D eigenvalue weighted by molar-refractivity contribution is 0.0950. The van der Waals surface area contributed by atoms with Gasteiger partial charge in [0.15, 0.2) is 0 Å². The first-order valence-electron chi connectivity index (χ1n) is 12.3. The van der Waals surface area contributed by atoms with Gasteiger partial charge in [0.2, 0.25) is 10.0 Å². The highest BCUT2D eigenvalue weighted by Gasteiger charge is 2.26. The summed E-state index contributed by atoms with van der Waals surface area (Å²) in [7, 11) is -1.24. The van der Waals surface area contributed by atoms with Gasteiger partial charge in [-0.3, -0.25) is 13.9 Å². The number of carbonyl (C=O) groups excluding carboxylic acids is 2. The fraction of sp³-hybridized carbons (Fsp3) is 0.286. The second-order valence-electron chi connectivity index (χ2n) is 9.74. The van der Waals surface area contributed by atoms with E-state index in [1.54, 1.807) is 36.4 Å². The molecule has 5 rings (SSSR count). The predicted molar refractivity (Wildman–Crippen MR) is 144 cm³/mol. The lowest BCUT2D eigenvalue weighted by atomic mass is 9.99. The zero-order valence-corrected chi connectivity index (χ0v) is 21.8. The first kappa shape index (κ1) is 25.0. The first-order valence-corrected chi connectivity index (χ1v) is 14.1. The highest BCUT2D eigenvalue weighted by atomic mass is 32.2. The number of fused-ring (bicyclic) bond motifs is 2. The molecule has 0 spiro atoms. The Morgan fingerprint density at radius 3 is 2.46 bits per heavy atom. The van der Waals surface area contributed by atoms with Crippen LogP contribution in [-0.2, 0) is 36.0 Å². The number of hydrogen-bond acceptors (Lipinski definition) is 5. The molecular weight excluding hydrogens is 488 g/mol. The van der Waals surface area contributed by atoms with E-state index in [-0.39, 0.29) is 18.4 Å². The van der Waals surface area contributed by atoms with Crippen LogP contribution in [0.15, 0.2) is 60.7 Å². The maximum Gasteiger partial charge on any atom is 0.255 e. The minimum absolute atomic E-state index is 0.202. The van der Waals surface area contributed by atoms with E-state index in [1.807, 2.05) is 18.2 Å². The van der Waals surface area contributed by atoms with E-state index >= 15 is 0 Å². The second-order valence-corrected chi connectivity index (χ2v) is 11.6. The minimum Gasteiger partial charge on any atom is -0.348 e. The van der Waals surface area contributed by atoms with E-state index in [9.17, 15) is 18.0 Å². The molecule has 0 fully saturated rings. The molecule has 0 saturated heterocycles. The molecule has 2 amide bonds. The lowest BCUT2D eigenvalue weighted by Crippen LogP contribution is -2.27. The zero-order chi connectivity index (χ0) is 26.2. The summed E-state index contributed by atoms with van der Waals surface area (Å²) < 4.78 is 25.2. The van der Waals surface area contributed by atoms with Crippen LogP contribution in [-0.4, -0.2) is 51.5 Å². The molecule has 3 aromatic rings. The fourth-order valence-electron chi connectivity index (χ4n) is 4.94. The summed E-state index contributed by atoms with van der Waals surface area (Å²) in [6.07, 6.45) is 2.77. The molecular formula is C28H30N4O4S. The molecule has 0 radical (unpaired) electrons. The van der Waals surface area contributed by atoms with Crippen molar-refractivity contribution in [3.8, 4) is 0 Å². The van der Waals surface area contributed by atoms with E-state index in [2.05, 4.69) is 28.6 Å². The Hall–Kier alpha value is -3.69. The van der Waals surface area contributed by atoms with Crippen molar-refractivity contribution in [2.75, 3.05) is 36.0 Å². The van der Waals surface area contributed by atoms with E-state index < -0.39 is 10.0 Å². The molecule has 9 heteroatoms. The third kappa shape index (κ3) is 5.52. The number of nitrogens with one attached hydrogen (secondary N) is 2. The smallest absolute Gasteiger partial charge is 0.255 e. The van der Waals surface area contributed by atoms with Crippen molar-refractivity contribution in [2.45, 2.75) is 25.9 Å². The van der Waals surface area contributed by atoms with Gasteiger partial charge in [0, 0.05) is 43.0 Å². The summed E-state index contributed by atoms with van der Waals surface area (Å²) in [5.41, 5.74) is 6.58. The normalized spacial score (nSPS) is 15.1. The Morgan fingerprint density at radius 2 is 1.65 bits per heavy atom. The highest BCUT2D eigenvalue weighted by molar-refractivity contribution is 7.92. The van der Waals surface area contributed by atoms with Crippen LogP contribution in [0.3, 0.4) is 0 Å². The number of rotatable bonds is 6.